The van der Waals surface area contributed by atoms with E-state index < -0.39 is 15.7 Å². The van der Waals surface area contributed by atoms with E-state index in [1.807, 2.05) is 6.26 Å². The highest BCUT2D eigenvalue weighted by Crippen LogP contribution is 2.35. The number of thioether (sulfide) groups is 1. The maximum absolute atomic E-state index is 13.4. The number of hydrogen-bond donors (Lipinski definition) is 0. The minimum absolute atomic E-state index is 0.172. The zero-order valence-electron chi connectivity index (χ0n) is 8.03. The summed E-state index contributed by atoms with van der Waals surface area (Å²) in [6, 6.07) is 4.30. The topological polar surface area (TPSA) is 34.1 Å². The van der Waals surface area contributed by atoms with Gasteiger partial charge in [0, 0.05) is 5.75 Å². The minimum Gasteiger partial charge on any atom is -0.219 e. The van der Waals surface area contributed by atoms with Gasteiger partial charge in [-0.3, -0.25) is 0 Å². The van der Waals surface area contributed by atoms with Crippen LogP contribution in [0, 0.1) is 5.82 Å². The number of halogens is 1. The molecular formula is C10H9FO2S2. The second-order valence-electron chi connectivity index (χ2n) is 3.21. The molecule has 1 heterocycles. The Balaban J connectivity index is 2.64. The van der Waals surface area contributed by atoms with E-state index in [2.05, 4.69) is 0 Å². The summed E-state index contributed by atoms with van der Waals surface area (Å²) in [5.41, 5.74) is 0.457. The van der Waals surface area contributed by atoms with Gasteiger partial charge in [0.25, 0.3) is 0 Å². The Morgan fingerprint density at radius 1 is 1.40 bits per heavy atom. The first kappa shape index (κ1) is 10.7. The number of sulfone groups is 1. The summed E-state index contributed by atoms with van der Waals surface area (Å²) in [7, 11) is -3.57. The van der Waals surface area contributed by atoms with Crippen molar-refractivity contribution in [3.63, 3.8) is 0 Å². The largest absolute Gasteiger partial charge is 0.219 e. The maximum Gasteiger partial charge on any atom is 0.207 e. The zero-order valence-corrected chi connectivity index (χ0v) is 9.66. The monoisotopic (exact) mass is 244 g/mol. The normalized spacial score (nSPS) is 17.3. The Labute approximate surface area is 92.1 Å². The van der Waals surface area contributed by atoms with E-state index in [0.29, 0.717) is 11.3 Å². The molecule has 1 aromatic carbocycles. The molecule has 15 heavy (non-hydrogen) atoms. The van der Waals surface area contributed by atoms with Crippen molar-refractivity contribution in [1.29, 1.82) is 0 Å². The number of benzene rings is 1. The summed E-state index contributed by atoms with van der Waals surface area (Å²) in [5, 5.41) is 0. The van der Waals surface area contributed by atoms with Crippen molar-refractivity contribution >= 4 is 27.7 Å². The van der Waals surface area contributed by atoms with Gasteiger partial charge in [0.15, 0.2) is 0 Å². The van der Waals surface area contributed by atoms with Crippen molar-refractivity contribution in [2.24, 2.45) is 0 Å². The Hall–Kier alpha value is -0.810. The van der Waals surface area contributed by atoms with Crippen LogP contribution in [0.5, 0.6) is 0 Å². The van der Waals surface area contributed by atoms with Crippen molar-refractivity contribution in [3.05, 3.63) is 34.5 Å². The first-order valence-electron chi connectivity index (χ1n) is 4.30. The van der Waals surface area contributed by atoms with Crippen LogP contribution in [0.4, 0.5) is 4.39 Å². The third kappa shape index (κ3) is 1.59. The molecule has 0 aromatic heterocycles. The number of rotatable bonds is 2. The molecule has 0 aliphatic carbocycles. The summed E-state index contributed by atoms with van der Waals surface area (Å²) >= 11 is 1.41. The molecule has 0 saturated heterocycles. The van der Waals surface area contributed by atoms with Gasteiger partial charge < -0.3 is 0 Å². The summed E-state index contributed by atoms with van der Waals surface area (Å²) in [5.74, 6) is -0.281. The fourth-order valence-electron chi connectivity index (χ4n) is 1.57. The van der Waals surface area contributed by atoms with Gasteiger partial charge in [-0.15, -0.1) is 0 Å². The SMILES string of the molecule is CSCC1=Cc2cccc(F)c2S1(=O)=O. The molecular weight excluding hydrogens is 235 g/mol. The predicted octanol–water partition coefficient (Wildman–Crippen LogP) is 2.32. The van der Waals surface area contributed by atoms with Crippen LogP contribution in [-0.4, -0.2) is 20.4 Å². The van der Waals surface area contributed by atoms with Gasteiger partial charge in [0.05, 0.1) is 4.91 Å². The van der Waals surface area contributed by atoms with E-state index in [1.54, 1.807) is 12.1 Å². The van der Waals surface area contributed by atoms with Crippen LogP contribution < -0.4 is 0 Å². The van der Waals surface area contributed by atoms with Crippen molar-refractivity contribution in [2.45, 2.75) is 4.90 Å². The molecule has 1 aliphatic heterocycles. The molecule has 5 heteroatoms. The zero-order chi connectivity index (χ0) is 11.1. The average Bonchev–Trinajstić information content (AvgIpc) is 2.40. The van der Waals surface area contributed by atoms with E-state index in [4.69, 9.17) is 0 Å². The highest BCUT2D eigenvalue weighted by molar-refractivity contribution is 8.01. The lowest BCUT2D eigenvalue weighted by atomic mass is 10.2. The number of hydrogen-bond acceptors (Lipinski definition) is 3. The van der Waals surface area contributed by atoms with E-state index in [1.165, 1.54) is 23.9 Å². The fourth-order valence-corrected chi connectivity index (χ4v) is 4.21. The van der Waals surface area contributed by atoms with Crippen molar-refractivity contribution in [2.75, 3.05) is 12.0 Å². The Bertz CT molecular complexity index is 532. The van der Waals surface area contributed by atoms with Crippen LogP contribution in [-0.2, 0) is 9.84 Å². The lowest BCUT2D eigenvalue weighted by Gasteiger charge is -2.02. The van der Waals surface area contributed by atoms with Crippen LogP contribution in [0.2, 0.25) is 0 Å². The summed E-state index contributed by atoms with van der Waals surface area (Å²) in [6.07, 6.45) is 3.36. The van der Waals surface area contributed by atoms with Crippen LogP contribution in [0.15, 0.2) is 28.0 Å². The third-order valence-corrected chi connectivity index (χ3v) is 4.92. The van der Waals surface area contributed by atoms with Gasteiger partial charge in [0.1, 0.15) is 10.7 Å². The van der Waals surface area contributed by atoms with Gasteiger partial charge in [-0.1, -0.05) is 12.1 Å². The van der Waals surface area contributed by atoms with Gasteiger partial charge in [-0.25, -0.2) is 12.8 Å². The fraction of sp³-hybridized carbons (Fsp3) is 0.200. The first-order valence-corrected chi connectivity index (χ1v) is 7.18. The molecule has 0 unspecified atom stereocenters. The maximum atomic E-state index is 13.4. The molecule has 80 valence electrons. The number of fused-ring (bicyclic) bond motifs is 1. The van der Waals surface area contributed by atoms with Crippen LogP contribution in [0.25, 0.3) is 6.08 Å². The highest BCUT2D eigenvalue weighted by atomic mass is 32.2. The van der Waals surface area contributed by atoms with E-state index in [0.717, 1.165) is 0 Å². The van der Waals surface area contributed by atoms with Crippen LogP contribution >= 0.6 is 11.8 Å². The van der Waals surface area contributed by atoms with Gasteiger partial charge in [-0.2, -0.15) is 11.8 Å². The molecule has 0 fully saturated rings. The van der Waals surface area contributed by atoms with Crippen LogP contribution in [0.1, 0.15) is 5.56 Å². The molecule has 0 radical (unpaired) electrons. The van der Waals surface area contributed by atoms with E-state index in [9.17, 15) is 12.8 Å². The molecule has 0 N–H and O–H groups in total. The molecule has 0 amide bonds. The van der Waals surface area contributed by atoms with Crippen molar-refractivity contribution < 1.29 is 12.8 Å². The molecule has 2 nitrogen and oxygen atoms in total. The second kappa shape index (κ2) is 3.64. The van der Waals surface area contributed by atoms with Gasteiger partial charge >= 0.3 is 0 Å². The summed E-state index contributed by atoms with van der Waals surface area (Å²) < 4.78 is 37.1. The third-order valence-electron chi connectivity index (χ3n) is 2.21. The quantitative estimate of drug-likeness (QED) is 0.800. The van der Waals surface area contributed by atoms with E-state index in [-0.39, 0.29) is 9.80 Å². The standard InChI is InChI=1S/C10H9FO2S2/c1-14-6-8-5-7-3-2-4-9(11)10(7)15(8,12)13/h2-5H,6H2,1H3. The van der Waals surface area contributed by atoms with Crippen molar-refractivity contribution in [1.82, 2.24) is 0 Å². The molecule has 1 aliphatic rings. The van der Waals surface area contributed by atoms with Gasteiger partial charge in [-0.05, 0) is 24.0 Å². The summed E-state index contributed by atoms with van der Waals surface area (Å²) in [6.45, 7) is 0. The Kier molecular flexibility index (Phi) is 2.60. The summed E-state index contributed by atoms with van der Waals surface area (Å²) in [4.78, 5) is 0.115. The van der Waals surface area contributed by atoms with E-state index >= 15 is 0 Å². The Morgan fingerprint density at radius 3 is 2.73 bits per heavy atom. The molecule has 0 spiro atoms. The molecule has 0 bridgehead atoms. The Morgan fingerprint density at radius 2 is 2.13 bits per heavy atom. The van der Waals surface area contributed by atoms with Crippen molar-refractivity contribution in [3.8, 4) is 0 Å². The highest BCUT2D eigenvalue weighted by Gasteiger charge is 2.31. The second-order valence-corrected chi connectivity index (χ2v) is 6.01. The molecule has 1 aromatic rings. The predicted molar refractivity (Wildman–Crippen MR) is 59.9 cm³/mol. The van der Waals surface area contributed by atoms with Gasteiger partial charge in [0.2, 0.25) is 9.84 Å². The smallest absolute Gasteiger partial charge is 0.207 e. The van der Waals surface area contributed by atoms with Crippen LogP contribution in [0.3, 0.4) is 0 Å². The molecule has 0 atom stereocenters. The average molecular weight is 244 g/mol. The lowest BCUT2D eigenvalue weighted by Crippen LogP contribution is -2.04. The molecule has 2 rings (SSSR count). The lowest BCUT2D eigenvalue weighted by molar-refractivity contribution is 0.572. The first-order chi connectivity index (χ1) is 7.07. The minimum atomic E-state index is -3.57. The molecule has 0 saturated carbocycles.